The summed E-state index contributed by atoms with van der Waals surface area (Å²) in [5.41, 5.74) is 0.356. The number of carboxylic acid groups (broad SMARTS) is 1. The van der Waals surface area contributed by atoms with Crippen LogP contribution in [0.3, 0.4) is 0 Å². The van der Waals surface area contributed by atoms with E-state index in [4.69, 9.17) is 0 Å². The Morgan fingerprint density at radius 1 is 1.43 bits per heavy atom. The molecule has 1 aromatic heterocycles. The molecule has 0 spiro atoms. The van der Waals surface area contributed by atoms with Crippen molar-refractivity contribution in [3.05, 3.63) is 41.8 Å². The zero-order valence-electron chi connectivity index (χ0n) is 12.2. The standard InChI is InChI=1S/C16H19FN2O2/c1-3-8-16(2,15(20)21)19-10-11-6-7-13(17)12-5-4-9-18-14(11)12/h4-7,9,19H,3,8,10H2,1-2H3,(H,20,21). The van der Waals surface area contributed by atoms with Gasteiger partial charge in [0, 0.05) is 18.1 Å². The molecule has 1 atom stereocenters. The minimum atomic E-state index is -0.996. The van der Waals surface area contributed by atoms with E-state index in [1.54, 1.807) is 31.3 Å². The van der Waals surface area contributed by atoms with Crippen molar-refractivity contribution in [3.63, 3.8) is 0 Å². The molecule has 0 saturated heterocycles. The maximum atomic E-state index is 13.7. The normalized spacial score (nSPS) is 14.0. The van der Waals surface area contributed by atoms with Crippen molar-refractivity contribution in [3.8, 4) is 0 Å². The van der Waals surface area contributed by atoms with E-state index in [0.717, 1.165) is 12.0 Å². The Kier molecular flexibility index (Phi) is 4.53. The van der Waals surface area contributed by atoms with Crippen LogP contribution in [0.1, 0.15) is 32.3 Å². The molecule has 0 aliphatic heterocycles. The summed E-state index contributed by atoms with van der Waals surface area (Å²) in [7, 11) is 0. The lowest BCUT2D eigenvalue weighted by Crippen LogP contribution is -2.48. The van der Waals surface area contributed by atoms with Crippen LogP contribution in [-0.4, -0.2) is 21.6 Å². The second kappa shape index (κ2) is 6.18. The van der Waals surface area contributed by atoms with Gasteiger partial charge in [0.25, 0.3) is 0 Å². The summed E-state index contributed by atoms with van der Waals surface area (Å²) in [6, 6.07) is 6.38. The molecule has 0 amide bonds. The van der Waals surface area contributed by atoms with Crippen LogP contribution in [0.5, 0.6) is 0 Å². The van der Waals surface area contributed by atoms with E-state index >= 15 is 0 Å². The number of rotatable bonds is 6. The molecule has 2 aromatic rings. The highest BCUT2D eigenvalue weighted by atomic mass is 19.1. The van der Waals surface area contributed by atoms with Crippen LogP contribution in [0.15, 0.2) is 30.5 Å². The number of halogens is 1. The molecule has 1 heterocycles. The lowest BCUT2D eigenvalue weighted by Gasteiger charge is -2.26. The fourth-order valence-electron chi connectivity index (χ4n) is 2.40. The monoisotopic (exact) mass is 290 g/mol. The predicted molar refractivity (Wildman–Crippen MR) is 79.5 cm³/mol. The average molecular weight is 290 g/mol. The van der Waals surface area contributed by atoms with Gasteiger partial charge in [-0.2, -0.15) is 0 Å². The van der Waals surface area contributed by atoms with Gasteiger partial charge in [0.1, 0.15) is 11.4 Å². The first-order chi connectivity index (χ1) is 9.98. The number of carbonyl (C=O) groups is 1. The SMILES string of the molecule is CCCC(C)(NCc1ccc(F)c2cccnc12)C(=O)O. The smallest absolute Gasteiger partial charge is 0.323 e. The van der Waals surface area contributed by atoms with Crippen LogP contribution in [0.4, 0.5) is 4.39 Å². The third kappa shape index (κ3) is 3.19. The molecular formula is C16H19FN2O2. The minimum absolute atomic E-state index is 0.323. The number of aromatic nitrogens is 1. The van der Waals surface area contributed by atoms with Crippen LogP contribution >= 0.6 is 0 Å². The van der Waals surface area contributed by atoms with Crippen molar-refractivity contribution in [2.24, 2.45) is 0 Å². The van der Waals surface area contributed by atoms with Crippen molar-refractivity contribution in [2.75, 3.05) is 0 Å². The van der Waals surface area contributed by atoms with Crippen molar-refractivity contribution in [1.29, 1.82) is 0 Å². The first kappa shape index (κ1) is 15.4. The molecule has 1 unspecified atom stereocenters. The molecule has 0 bridgehead atoms. The lowest BCUT2D eigenvalue weighted by molar-refractivity contribution is -0.144. The highest BCUT2D eigenvalue weighted by Crippen LogP contribution is 2.21. The summed E-state index contributed by atoms with van der Waals surface area (Å²) in [5.74, 6) is -1.21. The molecular weight excluding hydrogens is 271 g/mol. The lowest BCUT2D eigenvalue weighted by atomic mass is 9.95. The van der Waals surface area contributed by atoms with Gasteiger partial charge in [-0.15, -0.1) is 0 Å². The van der Waals surface area contributed by atoms with E-state index in [1.165, 1.54) is 6.07 Å². The third-order valence-corrected chi connectivity index (χ3v) is 3.69. The molecule has 0 aliphatic carbocycles. The largest absolute Gasteiger partial charge is 0.480 e. The second-order valence-corrected chi connectivity index (χ2v) is 5.35. The van der Waals surface area contributed by atoms with Gasteiger partial charge in [0.15, 0.2) is 0 Å². The molecule has 2 rings (SSSR count). The van der Waals surface area contributed by atoms with Gasteiger partial charge in [-0.05, 0) is 37.1 Å². The first-order valence-electron chi connectivity index (χ1n) is 6.98. The topological polar surface area (TPSA) is 62.2 Å². The Labute approximate surface area is 123 Å². The average Bonchev–Trinajstić information content (AvgIpc) is 2.47. The van der Waals surface area contributed by atoms with Crippen LogP contribution in [0, 0.1) is 5.82 Å². The van der Waals surface area contributed by atoms with Gasteiger partial charge in [-0.3, -0.25) is 15.1 Å². The quantitative estimate of drug-likeness (QED) is 0.858. The van der Waals surface area contributed by atoms with Crippen molar-refractivity contribution in [2.45, 2.75) is 38.8 Å². The number of nitrogens with one attached hydrogen (secondary N) is 1. The molecule has 112 valence electrons. The predicted octanol–water partition coefficient (Wildman–Crippen LogP) is 3.11. The Bertz CT molecular complexity index is 660. The molecule has 21 heavy (non-hydrogen) atoms. The summed E-state index contributed by atoms with van der Waals surface area (Å²) < 4.78 is 13.7. The third-order valence-electron chi connectivity index (χ3n) is 3.69. The molecule has 0 radical (unpaired) electrons. The van der Waals surface area contributed by atoms with E-state index in [-0.39, 0.29) is 5.82 Å². The molecule has 5 heteroatoms. The van der Waals surface area contributed by atoms with Crippen LogP contribution in [0.25, 0.3) is 10.9 Å². The summed E-state index contributed by atoms with van der Waals surface area (Å²) in [5, 5.41) is 12.9. The van der Waals surface area contributed by atoms with Crippen LogP contribution in [0.2, 0.25) is 0 Å². The summed E-state index contributed by atoms with van der Waals surface area (Å²) >= 11 is 0. The van der Waals surface area contributed by atoms with E-state index in [2.05, 4.69) is 10.3 Å². The number of pyridine rings is 1. The number of hydrogen-bond acceptors (Lipinski definition) is 3. The fourth-order valence-corrected chi connectivity index (χ4v) is 2.40. The van der Waals surface area contributed by atoms with E-state index in [1.807, 2.05) is 6.92 Å². The van der Waals surface area contributed by atoms with E-state index < -0.39 is 11.5 Å². The highest BCUT2D eigenvalue weighted by molar-refractivity contribution is 5.82. The summed E-state index contributed by atoms with van der Waals surface area (Å²) in [6.45, 7) is 3.94. The molecule has 4 nitrogen and oxygen atoms in total. The van der Waals surface area contributed by atoms with Crippen molar-refractivity contribution in [1.82, 2.24) is 10.3 Å². The second-order valence-electron chi connectivity index (χ2n) is 5.35. The molecule has 0 aliphatic rings. The Balaban J connectivity index is 2.28. The zero-order valence-corrected chi connectivity index (χ0v) is 12.2. The maximum absolute atomic E-state index is 13.7. The van der Waals surface area contributed by atoms with Gasteiger partial charge >= 0.3 is 5.97 Å². The van der Waals surface area contributed by atoms with Gasteiger partial charge < -0.3 is 5.11 Å². The van der Waals surface area contributed by atoms with E-state index in [0.29, 0.717) is 23.9 Å². The molecule has 2 N–H and O–H groups in total. The van der Waals surface area contributed by atoms with E-state index in [9.17, 15) is 14.3 Å². The van der Waals surface area contributed by atoms with Crippen LogP contribution in [-0.2, 0) is 11.3 Å². The first-order valence-corrected chi connectivity index (χ1v) is 6.98. The van der Waals surface area contributed by atoms with Gasteiger partial charge in [-0.1, -0.05) is 19.4 Å². The Hall–Kier alpha value is -2.01. The number of nitrogens with zero attached hydrogens (tertiary/aromatic N) is 1. The Morgan fingerprint density at radius 3 is 2.86 bits per heavy atom. The summed E-state index contributed by atoms with van der Waals surface area (Å²) in [4.78, 5) is 15.6. The number of fused-ring (bicyclic) bond motifs is 1. The number of benzene rings is 1. The Morgan fingerprint density at radius 2 is 2.19 bits per heavy atom. The number of hydrogen-bond donors (Lipinski definition) is 2. The molecule has 0 fully saturated rings. The van der Waals surface area contributed by atoms with Crippen molar-refractivity contribution >= 4 is 16.9 Å². The maximum Gasteiger partial charge on any atom is 0.323 e. The molecule has 0 saturated carbocycles. The van der Waals surface area contributed by atoms with Gasteiger partial charge in [0.05, 0.1) is 5.52 Å². The molecule has 1 aromatic carbocycles. The number of carboxylic acids is 1. The van der Waals surface area contributed by atoms with Gasteiger partial charge in [-0.25, -0.2) is 4.39 Å². The fraction of sp³-hybridized carbons (Fsp3) is 0.375. The zero-order chi connectivity index (χ0) is 15.5. The van der Waals surface area contributed by atoms with Gasteiger partial charge in [0.2, 0.25) is 0 Å². The summed E-state index contributed by atoms with van der Waals surface area (Å²) in [6.07, 6.45) is 2.89. The van der Waals surface area contributed by atoms with Crippen molar-refractivity contribution < 1.29 is 14.3 Å². The minimum Gasteiger partial charge on any atom is -0.480 e. The highest BCUT2D eigenvalue weighted by Gasteiger charge is 2.31. The number of aliphatic carboxylic acids is 1. The van der Waals surface area contributed by atoms with Crippen LogP contribution < -0.4 is 5.32 Å².